The van der Waals surface area contributed by atoms with Gasteiger partial charge in [-0.2, -0.15) is 4.31 Å². The zero-order valence-corrected chi connectivity index (χ0v) is 21.4. The number of carbonyl (C=O) groups is 1. The largest absolute Gasteiger partial charge is 0.487 e. The molecule has 0 aromatic heterocycles. The molecule has 0 unspecified atom stereocenters. The highest BCUT2D eigenvalue weighted by atomic mass is 32.2. The summed E-state index contributed by atoms with van der Waals surface area (Å²) in [7, 11) is -2.36. The Bertz CT molecular complexity index is 1140. The van der Waals surface area contributed by atoms with E-state index in [1.807, 2.05) is 13.8 Å². The number of nitrogens with one attached hydrogen (secondary N) is 1. The summed E-state index contributed by atoms with van der Waals surface area (Å²) in [5.74, 6) is -0.667. The standard InChI is InChI=1S/C25H34FN3O5S/c1-5-12-27-25(31)28(4)15-23-17(2)14-29(18(3)16-30)35(32,33)24-11-10-19(13-22(24)34-23)20-8-6-7-9-21(20)26/h6-11,13,17-18,23,30H,5,12,14-16H2,1-4H3,(H,27,31)/t17-,18+,23-/m1/s1. The molecule has 35 heavy (non-hydrogen) atoms. The third-order valence-electron chi connectivity index (χ3n) is 6.18. The molecule has 2 aromatic rings. The molecule has 1 aliphatic rings. The fourth-order valence-corrected chi connectivity index (χ4v) is 5.85. The van der Waals surface area contributed by atoms with E-state index in [9.17, 15) is 22.7 Å². The van der Waals surface area contributed by atoms with Gasteiger partial charge in [0.05, 0.1) is 13.2 Å². The molecule has 0 aliphatic carbocycles. The first-order chi connectivity index (χ1) is 16.6. The number of aliphatic hydroxyl groups excluding tert-OH is 1. The van der Waals surface area contributed by atoms with E-state index in [1.54, 1.807) is 38.2 Å². The van der Waals surface area contributed by atoms with Gasteiger partial charge in [-0.3, -0.25) is 0 Å². The summed E-state index contributed by atoms with van der Waals surface area (Å²) in [5, 5.41) is 12.6. The van der Waals surface area contributed by atoms with E-state index in [4.69, 9.17) is 4.74 Å². The van der Waals surface area contributed by atoms with Crippen LogP contribution in [0.5, 0.6) is 5.75 Å². The first-order valence-corrected chi connectivity index (χ1v) is 13.2. The van der Waals surface area contributed by atoms with E-state index in [-0.39, 0.29) is 42.3 Å². The van der Waals surface area contributed by atoms with Crippen molar-refractivity contribution in [2.45, 2.75) is 44.2 Å². The molecule has 0 fully saturated rings. The van der Waals surface area contributed by atoms with E-state index in [0.717, 1.165) is 6.42 Å². The molecule has 2 N–H and O–H groups in total. The van der Waals surface area contributed by atoms with Gasteiger partial charge in [0.25, 0.3) is 0 Å². The Labute approximate surface area is 206 Å². The summed E-state index contributed by atoms with van der Waals surface area (Å²) < 4.78 is 49.2. The number of ether oxygens (including phenoxy) is 1. The van der Waals surface area contributed by atoms with Crippen molar-refractivity contribution in [3.05, 3.63) is 48.3 Å². The highest BCUT2D eigenvalue weighted by molar-refractivity contribution is 7.89. The number of carbonyl (C=O) groups excluding carboxylic acids is 1. The Kier molecular flexibility index (Phi) is 8.74. The lowest BCUT2D eigenvalue weighted by atomic mass is 10.0. The van der Waals surface area contributed by atoms with Crippen LogP contribution in [-0.4, -0.2) is 74.2 Å². The molecule has 0 radical (unpaired) electrons. The monoisotopic (exact) mass is 507 g/mol. The molecule has 192 valence electrons. The quantitative estimate of drug-likeness (QED) is 0.599. The molecule has 0 spiro atoms. The topological polar surface area (TPSA) is 99.2 Å². The highest BCUT2D eigenvalue weighted by Gasteiger charge is 2.38. The Morgan fingerprint density at radius 2 is 2.03 bits per heavy atom. The normalized spacial score (nSPS) is 20.6. The van der Waals surface area contributed by atoms with Crippen molar-refractivity contribution in [3.63, 3.8) is 0 Å². The molecule has 0 bridgehead atoms. The fraction of sp³-hybridized carbons (Fsp3) is 0.480. The number of sulfonamides is 1. The molecule has 3 rings (SSSR count). The number of aliphatic hydroxyl groups is 1. The van der Waals surface area contributed by atoms with E-state index >= 15 is 0 Å². The summed E-state index contributed by atoms with van der Waals surface area (Å²) in [6.45, 7) is 5.95. The van der Waals surface area contributed by atoms with Gasteiger partial charge in [0.2, 0.25) is 10.0 Å². The van der Waals surface area contributed by atoms with Crippen LogP contribution in [0.25, 0.3) is 11.1 Å². The molecule has 2 aromatic carbocycles. The zero-order chi connectivity index (χ0) is 25.8. The predicted molar refractivity (Wildman–Crippen MR) is 132 cm³/mol. The molecule has 2 amide bonds. The number of benzene rings is 2. The van der Waals surface area contributed by atoms with Crippen LogP contribution in [0, 0.1) is 11.7 Å². The minimum Gasteiger partial charge on any atom is -0.487 e. The Balaban J connectivity index is 2.07. The van der Waals surface area contributed by atoms with Crippen LogP contribution in [0.3, 0.4) is 0 Å². The SMILES string of the molecule is CCCNC(=O)N(C)C[C@H]1Oc2cc(-c3ccccc3F)ccc2S(=O)(=O)N([C@@H](C)CO)C[C@H]1C. The van der Waals surface area contributed by atoms with Crippen molar-refractivity contribution in [2.24, 2.45) is 5.92 Å². The van der Waals surface area contributed by atoms with Gasteiger partial charge in [-0.15, -0.1) is 0 Å². The summed E-state index contributed by atoms with van der Waals surface area (Å²) in [5.41, 5.74) is 0.791. The van der Waals surface area contributed by atoms with Crippen molar-refractivity contribution in [1.29, 1.82) is 0 Å². The number of hydrogen-bond donors (Lipinski definition) is 2. The number of hydrogen-bond acceptors (Lipinski definition) is 5. The molecule has 8 nitrogen and oxygen atoms in total. The number of likely N-dealkylation sites (N-methyl/N-ethyl adjacent to an activating group) is 1. The Morgan fingerprint density at radius 3 is 2.69 bits per heavy atom. The van der Waals surface area contributed by atoms with Crippen LogP contribution in [0.2, 0.25) is 0 Å². The summed E-state index contributed by atoms with van der Waals surface area (Å²) in [6, 6.07) is 9.80. The van der Waals surface area contributed by atoms with E-state index in [0.29, 0.717) is 17.7 Å². The second-order valence-corrected chi connectivity index (χ2v) is 10.9. The smallest absolute Gasteiger partial charge is 0.317 e. The van der Waals surface area contributed by atoms with E-state index < -0.39 is 28.0 Å². The molecule has 1 heterocycles. The summed E-state index contributed by atoms with van der Waals surface area (Å²) >= 11 is 0. The lowest BCUT2D eigenvalue weighted by molar-refractivity contribution is 0.0813. The van der Waals surface area contributed by atoms with Gasteiger partial charge >= 0.3 is 6.03 Å². The molecule has 0 saturated carbocycles. The number of halogens is 1. The van der Waals surface area contributed by atoms with Crippen molar-refractivity contribution in [2.75, 3.05) is 33.3 Å². The molecular formula is C25H34FN3O5S. The second kappa shape index (κ2) is 11.4. The van der Waals surface area contributed by atoms with Gasteiger partial charge in [0.1, 0.15) is 22.6 Å². The Morgan fingerprint density at radius 1 is 1.31 bits per heavy atom. The van der Waals surface area contributed by atoms with Crippen molar-refractivity contribution in [3.8, 4) is 16.9 Å². The summed E-state index contributed by atoms with van der Waals surface area (Å²) in [4.78, 5) is 13.9. The fourth-order valence-electron chi connectivity index (χ4n) is 4.03. The first kappa shape index (κ1) is 26.9. The lowest BCUT2D eigenvalue weighted by Gasteiger charge is -2.37. The van der Waals surface area contributed by atoms with Crippen LogP contribution in [-0.2, 0) is 10.0 Å². The Hall–Kier alpha value is -2.69. The first-order valence-electron chi connectivity index (χ1n) is 11.8. The molecule has 0 saturated heterocycles. The van der Waals surface area contributed by atoms with Crippen LogP contribution in [0.15, 0.2) is 47.4 Å². The molecule has 1 aliphatic heterocycles. The van der Waals surface area contributed by atoms with Crippen LogP contribution in [0.4, 0.5) is 9.18 Å². The molecular weight excluding hydrogens is 473 g/mol. The third-order valence-corrected chi connectivity index (χ3v) is 8.20. The zero-order valence-electron chi connectivity index (χ0n) is 20.6. The number of fused-ring (bicyclic) bond motifs is 1. The average Bonchev–Trinajstić information content (AvgIpc) is 2.84. The number of rotatable bonds is 7. The van der Waals surface area contributed by atoms with Gasteiger partial charge < -0.3 is 20.1 Å². The minimum absolute atomic E-state index is 0.0622. The maximum Gasteiger partial charge on any atom is 0.317 e. The molecule has 3 atom stereocenters. The van der Waals surface area contributed by atoms with Gasteiger partial charge in [-0.05, 0) is 37.1 Å². The number of nitrogens with zero attached hydrogens (tertiary/aromatic N) is 2. The lowest BCUT2D eigenvalue weighted by Crippen LogP contribution is -2.51. The van der Waals surface area contributed by atoms with Crippen molar-refractivity contribution >= 4 is 16.1 Å². The highest BCUT2D eigenvalue weighted by Crippen LogP contribution is 2.37. The van der Waals surface area contributed by atoms with Gasteiger partial charge in [0.15, 0.2) is 0 Å². The van der Waals surface area contributed by atoms with Crippen molar-refractivity contribution in [1.82, 2.24) is 14.5 Å². The van der Waals surface area contributed by atoms with Crippen molar-refractivity contribution < 1.29 is 27.4 Å². The molecule has 10 heteroatoms. The van der Waals surface area contributed by atoms with Crippen LogP contribution >= 0.6 is 0 Å². The maximum atomic E-state index is 14.5. The van der Waals surface area contributed by atoms with Crippen LogP contribution < -0.4 is 10.1 Å². The second-order valence-electron chi connectivity index (χ2n) is 8.99. The predicted octanol–water partition coefficient (Wildman–Crippen LogP) is 3.31. The van der Waals surface area contributed by atoms with E-state index in [2.05, 4.69) is 5.32 Å². The average molecular weight is 508 g/mol. The van der Waals surface area contributed by atoms with Crippen LogP contribution in [0.1, 0.15) is 27.2 Å². The van der Waals surface area contributed by atoms with Gasteiger partial charge in [-0.25, -0.2) is 17.6 Å². The maximum absolute atomic E-state index is 14.5. The minimum atomic E-state index is -4.01. The van der Waals surface area contributed by atoms with Gasteiger partial charge in [0, 0.05) is 37.7 Å². The van der Waals surface area contributed by atoms with Gasteiger partial charge in [-0.1, -0.05) is 38.1 Å². The third kappa shape index (κ3) is 5.94. The number of amides is 2. The van der Waals surface area contributed by atoms with E-state index in [1.165, 1.54) is 27.4 Å². The number of urea groups is 1. The summed E-state index contributed by atoms with van der Waals surface area (Å²) in [6.07, 6.45) is 0.249.